The highest BCUT2D eigenvalue weighted by atomic mass is 19.2. The lowest BCUT2D eigenvalue weighted by Gasteiger charge is -2.12. The normalized spacial score (nSPS) is 11.1. The second-order valence-corrected chi connectivity index (χ2v) is 26.5. The molecule has 10 heteroatoms. The lowest BCUT2D eigenvalue weighted by atomic mass is 9.97. The number of ether oxygens (including phenoxy) is 3. The van der Waals surface area contributed by atoms with E-state index in [1.165, 1.54) is 196 Å². The van der Waals surface area contributed by atoms with Gasteiger partial charge < -0.3 is 14.2 Å². The Morgan fingerprint density at radius 1 is 0.286 bits per heavy atom. The molecule has 98 heavy (non-hydrogen) atoms. The molecule has 0 spiro atoms. The maximum Gasteiger partial charge on any atom is 0.201 e. The second-order valence-electron chi connectivity index (χ2n) is 26.5. The number of unbranched alkanes of at least 4 members (excludes halogenated alkanes) is 26. The SMILES string of the molecule is CCCCCCCCCOc1ccc(-c2ncc(CCCCCCCCC)cn2)cc1.CCCCCCCCCc1ccc(-c2ccc(-c3ccc(C)cc3)c(F)c2F)cc1.CCCCCCCCOc1ccc(-c2ccc(-c3ccc(OCCCCCC)c(F)c3F)c(F)c2)cc1. The summed E-state index contributed by atoms with van der Waals surface area (Å²) in [5.74, 6) is -2.03. The largest absolute Gasteiger partial charge is 0.494 e. The van der Waals surface area contributed by atoms with E-state index in [0.29, 0.717) is 41.0 Å². The first-order valence-corrected chi connectivity index (χ1v) is 37.8. The van der Waals surface area contributed by atoms with Gasteiger partial charge in [0, 0.05) is 40.2 Å². The van der Waals surface area contributed by atoms with Crippen LogP contribution in [0.5, 0.6) is 17.2 Å². The number of benzene rings is 7. The van der Waals surface area contributed by atoms with Crippen molar-refractivity contribution >= 4 is 0 Å². The van der Waals surface area contributed by atoms with Gasteiger partial charge in [-0.05, 0) is 140 Å². The number of rotatable bonds is 44. The zero-order valence-corrected chi connectivity index (χ0v) is 60.4. The van der Waals surface area contributed by atoms with Crippen LogP contribution in [0.25, 0.3) is 55.9 Å². The van der Waals surface area contributed by atoms with Crippen LogP contribution in [-0.4, -0.2) is 29.8 Å². The van der Waals surface area contributed by atoms with Crippen LogP contribution in [-0.2, 0) is 12.8 Å². The molecule has 0 aliphatic rings. The zero-order chi connectivity index (χ0) is 69.8. The van der Waals surface area contributed by atoms with Gasteiger partial charge in [-0.15, -0.1) is 0 Å². The molecule has 0 fully saturated rings. The van der Waals surface area contributed by atoms with Crippen molar-refractivity contribution in [2.45, 2.75) is 253 Å². The first-order chi connectivity index (χ1) is 48.0. The van der Waals surface area contributed by atoms with Gasteiger partial charge in [0.25, 0.3) is 0 Å². The van der Waals surface area contributed by atoms with E-state index in [0.717, 1.165) is 92.0 Å². The summed E-state index contributed by atoms with van der Waals surface area (Å²) in [6.07, 6.45) is 44.8. The van der Waals surface area contributed by atoms with Gasteiger partial charge in [-0.2, -0.15) is 4.39 Å². The predicted octanol–water partition coefficient (Wildman–Crippen LogP) is 27.6. The molecule has 0 aliphatic carbocycles. The minimum Gasteiger partial charge on any atom is -0.494 e. The van der Waals surface area contributed by atoms with E-state index >= 15 is 4.39 Å². The van der Waals surface area contributed by atoms with Crippen molar-refractivity contribution in [2.24, 2.45) is 0 Å². The summed E-state index contributed by atoms with van der Waals surface area (Å²) in [5, 5.41) is 0. The molecular weight excluding hydrogens is 1230 g/mol. The van der Waals surface area contributed by atoms with Gasteiger partial charge in [0.1, 0.15) is 17.3 Å². The van der Waals surface area contributed by atoms with Crippen molar-refractivity contribution in [2.75, 3.05) is 19.8 Å². The fraction of sp³-hybridized carbons (Fsp3) is 0.477. The van der Waals surface area contributed by atoms with Gasteiger partial charge in [-0.1, -0.05) is 292 Å². The fourth-order valence-electron chi connectivity index (χ4n) is 12.0. The smallest absolute Gasteiger partial charge is 0.201 e. The summed E-state index contributed by atoms with van der Waals surface area (Å²) >= 11 is 0. The van der Waals surface area contributed by atoms with Crippen molar-refractivity contribution in [1.82, 2.24) is 9.97 Å². The summed E-state index contributed by atoms with van der Waals surface area (Å²) < 4.78 is 91.1. The minimum absolute atomic E-state index is 0.00790. The number of aromatic nitrogens is 2. The standard InChI is InChI=1S/C32H39F3O2.C28H32F2.C28H44N2O/c1-3-5-7-9-10-12-21-36-26-16-13-24(14-17-26)25-15-18-27(29(33)23-25)28-19-20-30(32(35)31(28)34)37-22-11-8-6-4-2;1-3-4-5-6-7-8-9-10-22-13-17-24(18-14-22)26-20-19-25(27(29)28(26)30)23-15-11-21(2)12-16-23;1-3-5-7-9-11-13-15-17-25-23-29-28(30-24-25)26-18-20-27(21-19-26)31-22-16-14-12-10-8-6-4-2/h13-20,23H,3-12,21-22H2,1-2H3;11-20H,3-10H2,1-2H3;18-21,23-24H,3-17,22H2,1-2H3. The molecule has 530 valence electrons. The summed E-state index contributed by atoms with van der Waals surface area (Å²) in [4.78, 5) is 9.17. The number of aryl methyl sites for hydroxylation is 3. The van der Waals surface area contributed by atoms with E-state index in [4.69, 9.17) is 14.2 Å². The van der Waals surface area contributed by atoms with Gasteiger partial charge >= 0.3 is 0 Å². The van der Waals surface area contributed by atoms with Crippen LogP contribution in [0.3, 0.4) is 0 Å². The molecule has 0 amide bonds. The van der Waals surface area contributed by atoms with Gasteiger partial charge in [-0.25, -0.2) is 27.5 Å². The summed E-state index contributed by atoms with van der Waals surface area (Å²) in [5.41, 5.74) is 7.99. The van der Waals surface area contributed by atoms with Crippen molar-refractivity contribution in [3.8, 4) is 73.1 Å². The third-order valence-electron chi connectivity index (χ3n) is 18.2. The Hall–Kier alpha value is -7.33. The molecule has 8 aromatic rings. The molecule has 0 saturated heterocycles. The quantitative estimate of drug-likeness (QED) is 0.0281. The summed E-state index contributed by atoms with van der Waals surface area (Å²) in [6, 6.07) is 41.6. The molecule has 0 atom stereocenters. The van der Waals surface area contributed by atoms with Crippen LogP contribution < -0.4 is 14.2 Å². The van der Waals surface area contributed by atoms with Crippen molar-refractivity contribution in [1.29, 1.82) is 0 Å². The Morgan fingerprint density at radius 3 is 1.09 bits per heavy atom. The highest BCUT2D eigenvalue weighted by Gasteiger charge is 2.20. The Kier molecular flexibility index (Phi) is 38.7. The van der Waals surface area contributed by atoms with E-state index in [9.17, 15) is 17.6 Å². The van der Waals surface area contributed by atoms with E-state index < -0.39 is 29.1 Å². The molecule has 8 rings (SSSR count). The predicted molar refractivity (Wildman–Crippen MR) is 402 cm³/mol. The van der Waals surface area contributed by atoms with Crippen LogP contribution in [0, 0.1) is 36.0 Å². The van der Waals surface area contributed by atoms with Crippen LogP contribution in [0.15, 0.2) is 152 Å². The van der Waals surface area contributed by atoms with E-state index in [2.05, 4.69) is 56.7 Å². The third-order valence-corrected chi connectivity index (χ3v) is 18.2. The molecule has 1 heterocycles. The van der Waals surface area contributed by atoms with Gasteiger partial charge in [-0.3, -0.25) is 0 Å². The molecule has 5 nitrogen and oxygen atoms in total. The fourth-order valence-corrected chi connectivity index (χ4v) is 12.0. The molecule has 0 saturated carbocycles. The Balaban J connectivity index is 0.000000234. The molecule has 0 N–H and O–H groups in total. The van der Waals surface area contributed by atoms with Gasteiger partial charge in [0.2, 0.25) is 5.82 Å². The van der Waals surface area contributed by atoms with Crippen LogP contribution in [0.4, 0.5) is 22.0 Å². The lowest BCUT2D eigenvalue weighted by Crippen LogP contribution is -2.02. The van der Waals surface area contributed by atoms with Crippen LogP contribution in [0.2, 0.25) is 0 Å². The summed E-state index contributed by atoms with van der Waals surface area (Å²) in [7, 11) is 0. The summed E-state index contributed by atoms with van der Waals surface area (Å²) in [6.45, 7) is 14.9. The molecular formula is C88H115F5N2O3. The maximum atomic E-state index is 15.0. The van der Waals surface area contributed by atoms with Crippen molar-refractivity contribution in [3.05, 3.63) is 198 Å². The Bertz CT molecular complexity index is 3410. The van der Waals surface area contributed by atoms with Gasteiger partial charge in [0.05, 0.1) is 19.8 Å². The molecule has 7 aromatic carbocycles. The van der Waals surface area contributed by atoms with Gasteiger partial charge in [0.15, 0.2) is 29.0 Å². The monoisotopic (exact) mass is 1340 g/mol. The average molecular weight is 1340 g/mol. The Labute approximate surface area is 587 Å². The number of halogens is 5. The minimum atomic E-state index is -1.11. The maximum absolute atomic E-state index is 15.0. The number of nitrogens with zero attached hydrogens (tertiary/aromatic N) is 2. The topological polar surface area (TPSA) is 53.5 Å². The van der Waals surface area contributed by atoms with Crippen LogP contribution >= 0.6 is 0 Å². The first kappa shape index (κ1) is 79.7. The molecule has 0 radical (unpaired) electrons. The zero-order valence-electron chi connectivity index (χ0n) is 60.4. The third kappa shape index (κ3) is 28.9. The highest BCUT2D eigenvalue weighted by molar-refractivity contribution is 5.73. The highest BCUT2D eigenvalue weighted by Crippen LogP contribution is 2.36. The van der Waals surface area contributed by atoms with Crippen molar-refractivity contribution < 1.29 is 36.2 Å². The molecule has 1 aromatic heterocycles. The van der Waals surface area contributed by atoms with Crippen molar-refractivity contribution in [3.63, 3.8) is 0 Å². The molecule has 0 aliphatic heterocycles. The van der Waals surface area contributed by atoms with E-state index in [-0.39, 0.29) is 16.9 Å². The number of hydrogen-bond donors (Lipinski definition) is 0. The van der Waals surface area contributed by atoms with Crippen LogP contribution in [0.1, 0.15) is 250 Å². The van der Waals surface area contributed by atoms with E-state index in [1.54, 1.807) is 18.2 Å². The van der Waals surface area contributed by atoms with E-state index in [1.807, 2.05) is 104 Å². The average Bonchev–Trinajstić information content (AvgIpc) is 0.804. The first-order valence-electron chi connectivity index (χ1n) is 37.8. The lowest BCUT2D eigenvalue weighted by molar-refractivity contribution is 0.285. The number of hydrogen-bond acceptors (Lipinski definition) is 5. The second kappa shape index (κ2) is 47.6. The Morgan fingerprint density at radius 2 is 0.633 bits per heavy atom. The molecule has 0 unspecified atom stereocenters. The molecule has 0 bridgehead atoms.